The molecule has 4 nitrogen and oxygen atoms in total. The highest BCUT2D eigenvalue weighted by Gasteiger charge is 2.08. The van der Waals surface area contributed by atoms with Gasteiger partial charge in [0.2, 0.25) is 0 Å². The number of pyridine rings is 1. The fraction of sp³-hybridized carbons (Fsp3) is 0.294. The highest BCUT2D eigenvalue weighted by molar-refractivity contribution is 9.10. The lowest BCUT2D eigenvalue weighted by Crippen LogP contribution is -2.33. The summed E-state index contributed by atoms with van der Waals surface area (Å²) >= 11 is 3.47. The van der Waals surface area contributed by atoms with E-state index in [1.807, 2.05) is 12.1 Å². The van der Waals surface area contributed by atoms with Crippen LogP contribution < -0.4 is 21.6 Å². The number of hydrogen-bond acceptors (Lipinski definition) is 4. The lowest BCUT2D eigenvalue weighted by molar-refractivity contribution is 0.866. The smallest absolute Gasteiger partial charge is 0.135 e. The maximum Gasteiger partial charge on any atom is 0.135 e. The average Bonchev–Trinajstić information content (AvgIpc) is 2.55. The Balaban J connectivity index is 2.05. The van der Waals surface area contributed by atoms with Crippen LogP contribution in [0.25, 0.3) is 17.3 Å². The number of rotatable bonds is 5. The largest absolute Gasteiger partial charge is 0.369 e. The molecular weight excluding hydrogens is 340 g/mol. The third kappa shape index (κ3) is 3.36. The predicted molar refractivity (Wildman–Crippen MR) is 94.3 cm³/mol. The number of benzene rings is 1. The SMILES string of the molecule is NCCCNc1nc(-c2ccc(Br)cc2)cc2c1=CCCN=2. The van der Waals surface area contributed by atoms with E-state index in [1.54, 1.807) is 0 Å². The van der Waals surface area contributed by atoms with Crippen molar-refractivity contribution in [1.82, 2.24) is 4.98 Å². The number of hydrogen-bond donors (Lipinski definition) is 2. The van der Waals surface area contributed by atoms with Gasteiger partial charge in [-0.1, -0.05) is 34.1 Å². The second-order valence-electron chi connectivity index (χ2n) is 5.24. The van der Waals surface area contributed by atoms with Gasteiger partial charge in [0.1, 0.15) is 5.82 Å². The first-order chi connectivity index (χ1) is 10.8. The number of nitrogens with zero attached hydrogens (tertiary/aromatic N) is 2. The van der Waals surface area contributed by atoms with Crippen LogP contribution in [0.4, 0.5) is 5.82 Å². The third-order valence-corrected chi connectivity index (χ3v) is 4.14. The summed E-state index contributed by atoms with van der Waals surface area (Å²) in [6, 6.07) is 10.3. The van der Waals surface area contributed by atoms with Crippen molar-refractivity contribution < 1.29 is 0 Å². The van der Waals surface area contributed by atoms with Gasteiger partial charge in [-0.3, -0.25) is 4.99 Å². The molecule has 0 fully saturated rings. The Labute approximate surface area is 138 Å². The van der Waals surface area contributed by atoms with Gasteiger partial charge in [-0.2, -0.15) is 0 Å². The van der Waals surface area contributed by atoms with E-state index in [0.717, 1.165) is 58.1 Å². The fourth-order valence-corrected chi connectivity index (χ4v) is 2.74. The Hall–Kier alpha value is -1.72. The Bertz CT molecular complexity index is 768. The third-order valence-electron chi connectivity index (χ3n) is 3.61. The molecule has 2 aromatic rings. The van der Waals surface area contributed by atoms with Crippen molar-refractivity contribution in [3.63, 3.8) is 0 Å². The van der Waals surface area contributed by atoms with E-state index < -0.39 is 0 Å². The maximum absolute atomic E-state index is 5.57. The summed E-state index contributed by atoms with van der Waals surface area (Å²) in [5.41, 5.74) is 7.61. The van der Waals surface area contributed by atoms with E-state index in [0.29, 0.717) is 6.54 Å². The Morgan fingerprint density at radius 1 is 1.23 bits per heavy atom. The van der Waals surface area contributed by atoms with Crippen LogP contribution in [0.3, 0.4) is 0 Å². The second-order valence-corrected chi connectivity index (χ2v) is 6.15. The highest BCUT2D eigenvalue weighted by Crippen LogP contribution is 2.19. The molecule has 0 radical (unpaired) electrons. The first kappa shape index (κ1) is 15.2. The van der Waals surface area contributed by atoms with E-state index in [4.69, 9.17) is 10.7 Å². The summed E-state index contributed by atoms with van der Waals surface area (Å²) in [5, 5.41) is 5.54. The van der Waals surface area contributed by atoms with Gasteiger partial charge in [-0.15, -0.1) is 0 Å². The molecule has 0 spiro atoms. The molecule has 3 N–H and O–H groups in total. The minimum atomic E-state index is 0.676. The minimum Gasteiger partial charge on any atom is -0.369 e. The van der Waals surface area contributed by atoms with Crippen LogP contribution >= 0.6 is 15.9 Å². The first-order valence-corrected chi connectivity index (χ1v) is 8.33. The molecule has 0 bridgehead atoms. The van der Waals surface area contributed by atoms with Crippen LogP contribution in [0.5, 0.6) is 0 Å². The molecule has 3 rings (SSSR count). The molecule has 1 aromatic carbocycles. The molecule has 0 saturated carbocycles. The molecule has 1 aliphatic heterocycles. The molecule has 2 heterocycles. The average molecular weight is 359 g/mol. The molecule has 0 unspecified atom stereocenters. The summed E-state index contributed by atoms with van der Waals surface area (Å²) < 4.78 is 1.06. The van der Waals surface area contributed by atoms with Crippen LogP contribution in [0.2, 0.25) is 0 Å². The van der Waals surface area contributed by atoms with Gasteiger partial charge < -0.3 is 11.1 Å². The highest BCUT2D eigenvalue weighted by atomic mass is 79.9. The number of nitrogens with one attached hydrogen (secondary N) is 1. The Morgan fingerprint density at radius 2 is 2.05 bits per heavy atom. The number of anilines is 1. The van der Waals surface area contributed by atoms with Crippen molar-refractivity contribution in [1.29, 1.82) is 0 Å². The van der Waals surface area contributed by atoms with E-state index in [1.165, 1.54) is 0 Å². The van der Waals surface area contributed by atoms with Gasteiger partial charge in [0.05, 0.1) is 11.1 Å². The maximum atomic E-state index is 5.57. The summed E-state index contributed by atoms with van der Waals surface area (Å²) in [5.74, 6) is 0.910. The van der Waals surface area contributed by atoms with E-state index in [-0.39, 0.29) is 0 Å². The zero-order valence-corrected chi connectivity index (χ0v) is 13.9. The van der Waals surface area contributed by atoms with Crippen molar-refractivity contribution in [3.05, 3.63) is 45.4 Å². The molecule has 0 aliphatic carbocycles. The van der Waals surface area contributed by atoms with Gasteiger partial charge in [0, 0.05) is 28.3 Å². The van der Waals surface area contributed by atoms with Crippen molar-refractivity contribution >= 4 is 27.8 Å². The van der Waals surface area contributed by atoms with Gasteiger partial charge in [-0.05, 0) is 37.6 Å². The van der Waals surface area contributed by atoms with Gasteiger partial charge in [-0.25, -0.2) is 4.98 Å². The molecule has 22 heavy (non-hydrogen) atoms. The Morgan fingerprint density at radius 3 is 2.82 bits per heavy atom. The van der Waals surface area contributed by atoms with Crippen molar-refractivity contribution in [3.8, 4) is 11.3 Å². The van der Waals surface area contributed by atoms with Crippen LogP contribution in [0.15, 0.2) is 39.8 Å². The van der Waals surface area contributed by atoms with Crippen molar-refractivity contribution in [2.45, 2.75) is 12.8 Å². The van der Waals surface area contributed by atoms with E-state index in [9.17, 15) is 0 Å². The molecule has 1 aromatic heterocycles. The molecule has 0 atom stereocenters. The monoisotopic (exact) mass is 358 g/mol. The summed E-state index contributed by atoms with van der Waals surface area (Å²) in [4.78, 5) is 9.44. The van der Waals surface area contributed by atoms with Crippen molar-refractivity contribution in [2.24, 2.45) is 10.7 Å². The summed E-state index contributed by atoms with van der Waals surface area (Å²) in [6.07, 6.45) is 4.11. The van der Waals surface area contributed by atoms with Gasteiger partial charge >= 0.3 is 0 Å². The molecule has 0 amide bonds. The van der Waals surface area contributed by atoms with Crippen LogP contribution in [-0.2, 0) is 0 Å². The zero-order valence-electron chi connectivity index (χ0n) is 12.3. The molecule has 114 valence electrons. The van der Waals surface area contributed by atoms with Gasteiger partial charge in [0.15, 0.2) is 0 Å². The van der Waals surface area contributed by atoms with E-state index >= 15 is 0 Å². The quantitative estimate of drug-likeness (QED) is 0.804. The topological polar surface area (TPSA) is 63.3 Å². The van der Waals surface area contributed by atoms with Crippen LogP contribution in [0, 0.1) is 0 Å². The number of aromatic nitrogens is 1. The number of fused-ring (bicyclic) bond motifs is 1. The Kier molecular flexibility index (Phi) is 4.85. The van der Waals surface area contributed by atoms with Gasteiger partial charge in [0.25, 0.3) is 0 Å². The molecule has 1 aliphatic rings. The van der Waals surface area contributed by atoms with E-state index in [2.05, 4.69) is 50.5 Å². The lowest BCUT2D eigenvalue weighted by atomic mass is 10.1. The minimum absolute atomic E-state index is 0.676. The van der Waals surface area contributed by atoms with Crippen molar-refractivity contribution in [2.75, 3.05) is 25.0 Å². The molecule has 0 saturated heterocycles. The fourth-order valence-electron chi connectivity index (χ4n) is 2.48. The van der Waals surface area contributed by atoms with Crippen LogP contribution in [-0.4, -0.2) is 24.6 Å². The first-order valence-electron chi connectivity index (χ1n) is 7.53. The number of nitrogens with two attached hydrogens (primary N) is 1. The summed E-state index contributed by atoms with van der Waals surface area (Å²) in [7, 11) is 0. The standard InChI is InChI=1S/C17H19BrN4/c18-13-6-4-12(5-7-13)15-11-16-14(3-1-9-20-16)17(22-15)21-10-2-8-19/h3-7,11H,1-2,8-10,19H2,(H,21,22). The number of halogens is 1. The predicted octanol–water partition coefficient (Wildman–Crippen LogP) is 2.08. The second kappa shape index (κ2) is 7.03. The normalized spacial score (nSPS) is 13.0. The summed E-state index contributed by atoms with van der Waals surface area (Å²) in [6.45, 7) is 2.35. The zero-order chi connectivity index (χ0) is 15.4. The molecule has 5 heteroatoms. The van der Waals surface area contributed by atoms with Crippen LogP contribution in [0.1, 0.15) is 12.8 Å². The molecular formula is C17H19BrN4. The lowest BCUT2D eigenvalue weighted by Gasteiger charge is -2.11.